The monoisotopic (exact) mass is 306 g/mol. The standard InChI is InChI=1S/C15H19ClN4O/c1-10(2)13-6-12(7-14(16)19-13)15(21)18-11(3)8-20-5-4-17-9-20/h4-7,9-11H,8H2,1-3H3,(H,18,21). The van der Waals surface area contributed by atoms with Gasteiger partial charge in [-0.3, -0.25) is 4.79 Å². The molecular weight excluding hydrogens is 288 g/mol. The maximum Gasteiger partial charge on any atom is 0.251 e. The first-order valence-electron chi connectivity index (χ1n) is 6.90. The third-order valence-corrected chi connectivity index (χ3v) is 3.28. The Hall–Kier alpha value is -1.88. The van der Waals surface area contributed by atoms with Crippen molar-refractivity contribution in [3.63, 3.8) is 0 Å². The molecule has 0 saturated carbocycles. The molecule has 1 atom stereocenters. The van der Waals surface area contributed by atoms with Crippen LogP contribution >= 0.6 is 11.6 Å². The Morgan fingerprint density at radius 1 is 1.38 bits per heavy atom. The number of halogens is 1. The Labute approximate surface area is 129 Å². The molecule has 0 aromatic carbocycles. The van der Waals surface area contributed by atoms with Gasteiger partial charge in [0.25, 0.3) is 5.91 Å². The number of carbonyl (C=O) groups is 1. The molecule has 0 saturated heterocycles. The highest BCUT2D eigenvalue weighted by Crippen LogP contribution is 2.17. The first-order valence-corrected chi connectivity index (χ1v) is 7.27. The van der Waals surface area contributed by atoms with E-state index in [0.29, 0.717) is 17.3 Å². The second-order valence-electron chi connectivity index (χ2n) is 5.39. The van der Waals surface area contributed by atoms with Gasteiger partial charge in [0, 0.05) is 36.2 Å². The van der Waals surface area contributed by atoms with Crippen molar-refractivity contribution in [2.45, 2.75) is 39.3 Å². The summed E-state index contributed by atoms with van der Waals surface area (Å²) < 4.78 is 1.92. The third kappa shape index (κ3) is 4.29. The van der Waals surface area contributed by atoms with Gasteiger partial charge in [-0.2, -0.15) is 0 Å². The van der Waals surface area contributed by atoms with E-state index in [-0.39, 0.29) is 17.9 Å². The summed E-state index contributed by atoms with van der Waals surface area (Å²) >= 11 is 5.99. The summed E-state index contributed by atoms with van der Waals surface area (Å²) in [7, 11) is 0. The fourth-order valence-electron chi connectivity index (χ4n) is 2.01. The quantitative estimate of drug-likeness (QED) is 0.864. The maximum absolute atomic E-state index is 12.3. The molecular formula is C15H19ClN4O. The van der Waals surface area contributed by atoms with Crippen molar-refractivity contribution in [3.05, 3.63) is 47.3 Å². The summed E-state index contributed by atoms with van der Waals surface area (Å²) in [6.45, 7) is 6.65. The normalized spacial score (nSPS) is 12.4. The Bertz CT molecular complexity index is 610. The maximum atomic E-state index is 12.3. The van der Waals surface area contributed by atoms with Crippen molar-refractivity contribution in [1.82, 2.24) is 19.9 Å². The fraction of sp³-hybridized carbons (Fsp3) is 0.400. The van der Waals surface area contributed by atoms with E-state index >= 15 is 0 Å². The second kappa shape index (κ2) is 6.72. The zero-order valence-corrected chi connectivity index (χ0v) is 13.1. The minimum absolute atomic E-state index is 0.0128. The lowest BCUT2D eigenvalue weighted by Crippen LogP contribution is -2.35. The number of nitrogens with zero attached hydrogens (tertiary/aromatic N) is 3. The van der Waals surface area contributed by atoms with Gasteiger partial charge in [0.15, 0.2) is 0 Å². The van der Waals surface area contributed by atoms with Crippen LogP contribution in [0.25, 0.3) is 0 Å². The van der Waals surface area contributed by atoms with E-state index in [9.17, 15) is 4.79 Å². The molecule has 0 radical (unpaired) electrons. The second-order valence-corrected chi connectivity index (χ2v) is 5.78. The highest BCUT2D eigenvalue weighted by molar-refractivity contribution is 6.29. The van der Waals surface area contributed by atoms with Crippen molar-refractivity contribution in [3.8, 4) is 0 Å². The molecule has 2 aromatic rings. The number of nitrogens with one attached hydrogen (secondary N) is 1. The van der Waals surface area contributed by atoms with E-state index in [2.05, 4.69) is 15.3 Å². The molecule has 21 heavy (non-hydrogen) atoms. The van der Waals surface area contributed by atoms with Gasteiger partial charge in [0.05, 0.1) is 6.33 Å². The molecule has 1 amide bonds. The van der Waals surface area contributed by atoms with Crippen LogP contribution in [0.3, 0.4) is 0 Å². The zero-order valence-electron chi connectivity index (χ0n) is 12.4. The number of imidazole rings is 1. The van der Waals surface area contributed by atoms with Gasteiger partial charge in [-0.1, -0.05) is 25.4 Å². The van der Waals surface area contributed by atoms with Crippen LogP contribution < -0.4 is 5.32 Å². The van der Waals surface area contributed by atoms with Crippen LogP contribution in [0.15, 0.2) is 30.9 Å². The molecule has 1 unspecified atom stereocenters. The first-order chi connectivity index (χ1) is 9.95. The summed E-state index contributed by atoms with van der Waals surface area (Å²) in [4.78, 5) is 20.5. The first kappa shape index (κ1) is 15.5. The molecule has 0 bridgehead atoms. The molecule has 0 aliphatic carbocycles. The van der Waals surface area contributed by atoms with Gasteiger partial charge < -0.3 is 9.88 Å². The summed E-state index contributed by atoms with van der Waals surface area (Å²) in [6, 6.07) is 3.36. The topological polar surface area (TPSA) is 59.8 Å². The van der Waals surface area contributed by atoms with Crippen LogP contribution in [0.5, 0.6) is 0 Å². The highest BCUT2D eigenvalue weighted by Gasteiger charge is 2.13. The molecule has 2 rings (SSSR count). The van der Waals surface area contributed by atoms with Gasteiger partial charge in [0.1, 0.15) is 5.15 Å². The van der Waals surface area contributed by atoms with E-state index < -0.39 is 0 Å². The molecule has 6 heteroatoms. The predicted octanol–water partition coefficient (Wildman–Crippen LogP) is 2.87. The lowest BCUT2D eigenvalue weighted by molar-refractivity contribution is 0.0936. The SMILES string of the molecule is CC(Cn1ccnc1)NC(=O)c1cc(Cl)nc(C(C)C)c1. The summed E-state index contributed by atoms with van der Waals surface area (Å²) in [6.07, 6.45) is 5.30. The highest BCUT2D eigenvalue weighted by atomic mass is 35.5. The largest absolute Gasteiger partial charge is 0.348 e. The Morgan fingerprint density at radius 2 is 2.14 bits per heavy atom. The smallest absolute Gasteiger partial charge is 0.251 e. The molecule has 1 N–H and O–H groups in total. The Balaban J connectivity index is 2.06. The van der Waals surface area contributed by atoms with E-state index in [0.717, 1.165) is 5.69 Å². The third-order valence-electron chi connectivity index (χ3n) is 3.09. The van der Waals surface area contributed by atoms with Gasteiger partial charge in [-0.25, -0.2) is 9.97 Å². The molecule has 112 valence electrons. The van der Waals surface area contributed by atoms with Crippen molar-refractivity contribution < 1.29 is 4.79 Å². The van der Waals surface area contributed by atoms with Gasteiger partial charge >= 0.3 is 0 Å². The summed E-state index contributed by atoms with van der Waals surface area (Å²) in [5.74, 6) is 0.0763. The minimum atomic E-state index is -0.145. The van der Waals surface area contributed by atoms with E-state index in [1.54, 1.807) is 24.7 Å². The number of pyridine rings is 1. The summed E-state index contributed by atoms with van der Waals surface area (Å²) in [5, 5.41) is 3.30. The van der Waals surface area contributed by atoms with Crippen LogP contribution in [0.1, 0.15) is 42.7 Å². The van der Waals surface area contributed by atoms with Crippen LogP contribution in [0, 0.1) is 0 Å². The Morgan fingerprint density at radius 3 is 2.76 bits per heavy atom. The van der Waals surface area contributed by atoms with Crippen molar-refractivity contribution in [2.24, 2.45) is 0 Å². The number of amides is 1. The zero-order chi connectivity index (χ0) is 15.4. The molecule has 0 fully saturated rings. The molecule has 2 aromatic heterocycles. The van der Waals surface area contributed by atoms with Gasteiger partial charge in [-0.05, 0) is 25.0 Å². The fourth-order valence-corrected chi connectivity index (χ4v) is 2.22. The van der Waals surface area contributed by atoms with Gasteiger partial charge in [0.2, 0.25) is 0 Å². The minimum Gasteiger partial charge on any atom is -0.348 e. The van der Waals surface area contributed by atoms with Crippen LogP contribution in [-0.2, 0) is 6.54 Å². The number of aromatic nitrogens is 3. The van der Waals surface area contributed by atoms with E-state index in [4.69, 9.17) is 11.6 Å². The molecule has 0 aliphatic heterocycles. The Kier molecular flexibility index (Phi) is 4.96. The van der Waals surface area contributed by atoms with Crippen LogP contribution in [0.4, 0.5) is 0 Å². The molecule has 2 heterocycles. The number of hydrogen-bond acceptors (Lipinski definition) is 3. The van der Waals surface area contributed by atoms with Crippen molar-refractivity contribution >= 4 is 17.5 Å². The average molecular weight is 307 g/mol. The van der Waals surface area contributed by atoms with Crippen molar-refractivity contribution in [1.29, 1.82) is 0 Å². The van der Waals surface area contributed by atoms with E-state index in [1.807, 2.05) is 31.5 Å². The van der Waals surface area contributed by atoms with Crippen molar-refractivity contribution in [2.75, 3.05) is 0 Å². The predicted molar refractivity (Wildman–Crippen MR) is 82.5 cm³/mol. The average Bonchev–Trinajstić information content (AvgIpc) is 2.90. The number of carbonyl (C=O) groups excluding carboxylic acids is 1. The van der Waals surface area contributed by atoms with Gasteiger partial charge in [-0.15, -0.1) is 0 Å². The van der Waals surface area contributed by atoms with E-state index in [1.165, 1.54) is 0 Å². The number of rotatable bonds is 5. The number of hydrogen-bond donors (Lipinski definition) is 1. The summed E-state index contributed by atoms with van der Waals surface area (Å²) in [5.41, 5.74) is 1.35. The lowest BCUT2D eigenvalue weighted by atomic mass is 10.1. The lowest BCUT2D eigenvalue weighted by Gasteiger charge is -2.15. The molecule has 5 nitrogen and oxygen atoms in total. The van der Waals surface area contributed by atoms with Crippen LogP contribution in [0.2, 0.25) is 5.15 Å². The molecule has 0 aliphatic rings. The molecule has 0 spiro atoms. The van der Waals surface area contributed by atoms with Crippen LogP contribution in [-0.4, -0.2) is 26.5 Å².